The van der Waals surface area contributed by atoms with E-state index < -0.39 is 0 Å². The molecule has 0 saturated heterocycles. The normalized spacial score (nSPS) is 10.6. The Bertz CT molecular complexity index is 560. The van der Waals surface area contributed by atoms with E-state index in [1.807, 2.05) is 19.9 Å². The molecule has 0 aliphatic heterocycles. The van der Waals surface area contributed by atoms with Crippen LogP contribution in [0.2, 0.25) is 0 Å². The Labute approximate surface area is 118 Å². The summed E-state index contributed by atoms with van der Waals surface area (Å²) >= 11 is 0. The monoisotopic (exact) mass is 275 g/mol. The van der Waals surface area contributed by atoms with Gasteiger partial charge in [-0.2, -0.15) is 0 Å². The summed E-state index contributed by atoms with van der Waals surface area (Å²) in [6.45, 7) is 4.56. The van der Waals surface area contributed by atoms with Crippen LogP contribution in [0.25, 0.3) is 0 Å². The molecule has 0 radical (unpaired) electrons. The smallest absolute Gasteiger partial charge is 0.218 e. The highest BCUT2D eigenvalue weighted by molar-refractivity contribution is 5.37. The number of rotatable bonds is 6. The van der Waals surface area contributed by atoms with Gasteiger partial charge < -0.3 is 10.1 Å². The molecule has 106 valence electrons. The number of anilines is 1. The van der Waals surface area contributed by atoms with Crippen LogP contribution >= 0.6 is 0 Å². The summed E-state index contributed by atoms with van der Waals surface area (Å²) in [6.07, 6.45) is 2.26. The number of ether oxygens (including phenoxy) is 1. The summed E-state index contributed by atoms with van der Waals surface area (Å²) in [5.74, 6) is 1.03. The lowest BCUT2D eigenvalue weighted by atomic mass is 10.1. The van der Waals surface area contributed by atoms with Gasteiger partial charge in [-0.25, -0.2) is 14.4 Å². The van der Waals surface area contributed by atoms with Crippen LogP contribution in [0.5, 0.6) is 5.88 Å². The second-order valence-electron chi connectivity index (χ2n) is 4.71. The van der Waals surface area contributed by atoms with Crippen molar-refractivity contribution < 1.29 is 9.13 Å². The summed E-state index contributed by atoms with van der Waals surface area (Å²) in [4.78, 5) is 8.15. The van der Waals surface area contributed by atoms with Crippen LogP contribution in [0, 0.1) is 5.82 Å². The average molecular weight is 275 g/mol. The minimum Gasteiger partial charge on any atom is -0.475 e. The third kappa shape index (κ3) is 4.50. The molecule has 0 atom stereocenters. The topological polar surface area (TPSA) is 47.0 Å². The third-order valence-corrected chi connectivity index (χ3v) is 2.61. The molecule has 0 aliphatic rings. The van der Waals surface area contributed by atoms with Crippen LogP contribution in [-0.2, 0) is 6.42 Å². The van der Waals surface area contributed by atoms with Crippen molar-refractivity contribution in [1.82, 2.24) is 9.97 Å². The number of halogens is 1. The van der Waals surface area contributed by atoms with Crippen LogP contribution in [0.4, 0.5) is 10.2 Å². The predicted molar refractivity (Wildman–Crippen MR) is 76.4 cm³/mol. The Balaban J connectivity index is 1.87. The zero-order valence-corrected chi connectivity index (χ0v) is 11.6. The van der Waals surface area contributed by atoms with Gasteiger partial charge in [-0.1, -0.05) is 12.1 Å². The predicted octanol–water partition coefficient (Wildman–Crippen LogP) is 3.06. The maximum Gasteiger partial charge on any atom is 0.218 e. The summed E-state index contributed by atoms with van der Waals surface area (Å²) in [5.41, 5.74) is 0.949. The molecule has 0 spiro atoms. The van der Waals surface area contributed by atoms with Crippen molar-refractivity contribution in [2.24, 2.45) is 0 Å². The minimum absolute atomic E-state index is 0.0741. The molecule has 1 heterocycles. The van der Waals surface area contributed by atoms with Crippen molar-refractivity contribution in [1.29, 1.82) is 0 Å². The highest BCUT2D eigenvalue weighted by atomic mass is 19.1. The van der Waals surface area contributed by atoms with Gasteiger partial charge in [-0.15, -0.1) is 0 Å². The fourth-order valence-corrected chi connectivity index (χ4v) is 1.77. The van der Waals surface area contributed by atoms with E-state index in [2.05, 4.69) is 15.3 Å². The summed E-state index contributed by atoms with van der Waals surface area (Å²) in [6, 6.07) is 8.35. The van der Waals surface area contributed by atoms with Gasteiger partial charge in [0.05, 0.1) is 6.10 Å². The second kappa shape index (κ2) is 6.84. The van der Waals surface area contributed by atoms with Crippen LogP contribution in [0.1, 0.15) is 19.4 Å². The molecule has 20 heavy (non-hydrogen) atoms. The number of nitrogens with one attached hydrogen (secondary N) is 1. The highest BCUT2D eigenvalue weighted by Gasteiger charge is 2.02. The van der Waals surface area contributed by atoms with E-state index in [0.29, 0.717) is 18.2 Å². The first-order chi connectivity index (χ1) is 9.63. The fourth-order valence-electron chi connectivity index (χ4n) is 1.77. The molecule has 1 aromatic carbocycles. The second-order valence-corrected chi connectivity index (χ2v) is 4.71. The van der Waals surface area contributed by atoms with Gasteiger partial charge >= 0.3 is 0 Å². The van der Waals surface area contributed by atoms with E-state index in [4.69, 9.17) is 4.74 Å². The van der Waals surface area contributed by atoms with Crippen LogP contribution in [-0.4, -0.2) is 22.6 Å². The quantitative estimate of drug-likeness (QED) is 0.880. The first-order valence-electron chi connectivity index (χ1n) is 6.60. The molecule has 0 unspecified atom stereocenters. The Hall–Kier alpha value is -2.17. The molecule has 0 fully saturated rings. The summed E-state index contributed by atoms with van der Waals surface area (Å²) in [7, 11) is 0. The lowest BCUT2D eigenvalue weighted by molar-refractivity contribution is 0.232. The van der Waals surface area contributed by atoms with Gasteiger partial charge in [-0.05, 0) is 38.0 Å². The molecule has 0 saturated carbocycles. The van der Waals surface area contributed by atoms with Gasteiger partial charge in [-0.3, -0.25) is 0 Å². The van der Waals surface area contributed by atoms with Gasteiger partial charge in [0.15, 0.2) is 0 Å². The van der Waals surface area contributed by atoms with Crippen LogP contribution in [0.3, 0.4) is 0 Å². The molecule has 1 N–H and O–H groups in total. The van der Waals surface area contributed by atoms with E-state index in [1.165, 1.54) is 18.5 Å². The first kappa shape index (κ1) is 14.2. The van der Waals surface area contributed by atoms with E-state index in [0.717, 1.165) is 12.0 Å². The van der Waals surface area contributed by atoms with Crippen molar-refractivity contribution in [3.8, 4) is 5.88 Å². The SMILES string of the molecule is CC(C)Oc1cc(NCCc2cccc(F)c2)ncn1. The Morgan fingerprint density at radius 1 is 1.25 bits per heavy atom. The van der Waals surface area contributed by atoms with E-state index in [-0.39, 0.29) is 11.9 Å². The Kier molecular flexibility index (Phi) is 4.87. The number of hydrogen-bond acceptors (Lipinski definition) is 4. The van der Waals surface area contributed by atoms with Gasteiger partial charge in [0.1, 0.15) is 18.0 Å². The zero-order valence-electron chi connectivity index (χ0n) is 11.6. The van der Waals surface area contributed by atoms with Crippen molar-refractivity contribution >= 4 is 5.82 Å². The summed E-state index contributed by atoms with van der Waals surface area (Å²) in [5, 5.41) is 3.17. The van der Waals surface area contributed by atoms with Crippen molar-refractivity contribution in [2.75, 3.05) is 11.9 Å². The van der Waals surface area contributed by atoms with Crippen molar-refractivity contribution in [2.45, 2.75) is 26.4 Å². The number of hydrogen-bond donors (Lipinski definition) is 1. The molecular formula is C15H18FN3O. The standard InChI is InChI=1S/C15H18FN3O/c1-11(2)20-15-9-14(18-10-19-15)17-7-6-12-4-3-5-13(16)8-12/h3-5,8-11H,6-7H2,1-2H3,(H,17,18,19). The number of nitrogens with zero attached hydrogens (tertiary/aromatic N) is 2. The molecular weight excluding hydrogens is 257 g/mol. The average Bonchev–Trinajstić information content (AvgIpc) is 2.38. The largest absolute Gasteiger partial charge is 0.475 e. The van der Waals surface area contributed by atoms with E-state index in [1.54, 1.807) is 12.1 Å². The van der Waals surface area contributed by atoms with Gasteiger partial charge in [0.2, 0.25) is 5.88 Å². The molecule has 1 aromatic heterocycles. The lowest BCUT2D eigenvalue weighted by Gasteiger charge is -2.10. The lowest BCUT2D eigenvalue weighted by Crippen LogP contribution is -2.09. The first-order valence-corrected chi connectivity index (χ1v) is 6.60. The Morgan fingerprint density at radius 2 is 2.10 bits per heavy atom. The molecule has 0 bridgehead atoms. The summed E-state index contributed by atoms with van der Waals surface area (Å²) < 4.78 is 18.5. The fraction of sp³-hybridized carbons (Fsp3) is 0.333. The van der Waals surface area contributed by atoms with Crippen molar-refractivity contribution in [3.63, 3.8) is 0 Å². The molecule has 4 nitrogen and oxygen atoms in total. The minimum atomic E-state index is -0.211. The maximum atomic E-state index is 13.0. The van der Waals surface area contributed by atoms with E-state index >= 15 is 0 Å². The highest BCUT2D eigenvalue weighted by Crippen LogP contribution is 2.12. The van der Waals surface area contributed by atoms with Crippen LogP contribution in [0.15, 0.2) is 36.7 Å². The molecule has 0 aliphatic carbocycles. The van der Waals surface area contributed by atoms with Crippen LogP contribution < -0.4 is 10.1 Å². The zero-order chi connectivity index (χ0) is 14.4. The van der Waals surface area contributed by atoms with Gasteiger partial charge in [0, 0.05) is 12.6 Å². The molecule has 2 rings (SSSR count). The molecule has 2 aromatic rings. The molecule has 0 amide bonds. The number of aromatic nitrogens is 2. The Morgan fingerprint density at radius 3 is 2.85 bits per heavy atom. The van der Waals surface area contributed by atoms with Crippen molar-refractivity contribution in [3.05, 3.63) is 48.0 Å². The van der Waals surface area contributed by atoms with E-state index in [9.17, 15) is 4.39 Å². The maximum absolute atomic E-state index is 13.0. The van der Waals surface area contributed by atoms with Gasteiger partial charge in [0.25, 0.3) is 0 Å². The molecule has 5 heteroatoms. The third-order valence-electron chi connectivity index (χ3n) is 2.61. The number of benzene rings is 1.